The molecule has 2 rings (SSSR count). The van der Waals surface area contributed by atoms with Crippen LogP contribution in [-0.2, 0) is 0 Å². The maximum Gasteiger partial charge on any atom is 0.123 e. The van der Waals surface area contributed by atoms with Gasteiger partial charge in [0.2, 0.25) is 0 Å². The van der Waals surface area contributed by atoms with Crippen molar-refractivity contribution in [3.8, 4) is 0 Å². The molecular weight excluding hydrogens is 196 g/mol. The molecule has 2 nitrogen and oxygen atoms in total. The fourth-order valence-corrected chi connectivity index (χ4v) is 1.80. The third-order valence-corrected chi connectivity index (χ3v) is 3.17. The lowest BCUT2D eigenvalue weighted by molar-refractivity contribution is 0.379. The average molecular weight is 214 g/mol. The molecule has 0 aliphatic heterocycles. The molecular formula is C14H18N2. The van der Waals surface area contributed by atoms with Crippen LogP contribution < -0.4 is 5.73 Å². The van der Waals surface area contributed by atoms with Crippen LogP contribution in [0.1, 0.15) is 31.0 Å². The van der Waals surface area contributed by atoms with E-state index in [0.717, 1.165) is 11.1 Å². The maximum atomic E-state index is 5.96. The molecule has 1 atom stereocenters. The molecule has 0 heterocycles. The molecule has 0 amide bonds. The molecule has 0 saturated heterocycles. The second-order valence-corrected chi connectivity index (χ2v) is 4.34. The first-order chi connectivity index (χ1) is 7.77. The highest BCUT2D eigenvalue weighted by Crippen LogP contribution is 2.31. The van der Waals surface area contributed by atoms with Crippen molar-refractivity contribution < 1.29 is 0 Å². The lowest BCUT2D eigenvalue weighted by Gasteiger charge is -2.25. The summed E-state index contributed by atoms with van der Waals surface area (Å²) in [5.41, 5.74) is 8.13. The lowest BCUT2D eigenvalue weighted by atomic mass is 9.81. The van der Waals surface area contributed by atoms with Crippen molar-refractivity contribution in [3.63, 3.8) is 0 Å². The lowest BCUT2D eigenvalue weighted by Crippen LogP contribution is -2.15. The van der Waals surface area contributed by atoms with Gasteiger partial charge < -0.3 is 5.73 Å². The van der Waals surface area contributed by atoms with Crippen molar-refractivity contribution in [2.24, 2.45) is 16.6 Å². The Kier molecular flexibility index (Phi) is 3.52. The molecule has 1 unspecified atom stereocenters. The van der Waals surface area contributed by atoms with Gasteiger partial charge in [0, 0.05) is 6.21 Å². The van der Waals surface area contributed by atoms with Gasteiger partial charge in [0.25, 0.3) is 0 Å². The highest BCUT2D eigenvalue weighted by Gasteiger charge is 2.19. The summed E-state index contributed by atoms with van der Waals surface area (Å²) in [6, 6.07) is 9.92. The van der Waals surface area contributed by atoms with Crippen LogP contribution in [0.4, 0.5) is 0 Å². The van der Waals surface area contributed by atoms with Crippen LogP contribution in [0, 0.1) is 5.92 Å². The molecule has 84 valence electrons. The van der Waals surface area contributed by atoms with Crippen molar-refractivity contribution in [1.29, 1.82) is 0 Å². The van der Waals surface area contributed by atoms with E-state index in [-0.39, 0.29) is 6.17 Å². The minimum Gasteiger partial charge on any atom is -0.306 e. The van der Waals surface area contributed by atoms with Gasteiger partial charge in [0.15, 0.2) is 0 Å². The van der Waals surface area contributed by atoms with E-state index in [1.165, 1.54) is 19.3 Å². The van der Waals surface area contributed by atoms with Gasteiger partial charge in [-0.3, -0.25) is 4.99 Å². The fraction of sp³-hybridized carbons (Fsp3) is 0.357. The van der Waals surface area contributed by atoms with Crippen LogP contribution in [-0.4, -0.2) is 6.21 Å². The molecule has 16 heavy (non-hydrogen) atoms. The molecule has 1 saturated carbocycles. The van der Waals surface area contributed by atoms with E-state index in [1.807, 2.05) is 36.5 Å². The smallest absolute Gasteiger partial charge is 0.123 e. The van der Waals surface area contributed by atoms with Gasteiger partial charge in [-0.1, -0.05) is 43.3 Å². The largest absolute Gasteiger partial charge is 0.306 e. The standard InChI is InChI=1S/C14H18N2/c1-11(12-8-5-9-12)10-16-14(15)13-6-3-2-4-7-13/h2-4,6-7,10,12,14H,1,5,8-9,15H2. The van der Waals surface area contributed by atoms with Gasteiger partial charge in [-0.25, -0.2) is 0 Å². The first-order valence-corrected chi connectivity index (χ1v) is 5.80. The number of benzene rings is 1. The highest BCUT2D eigenvalue weighted by atomic mass is 14.9. The van der Waals surface area contributed by atoms with Gasteiger partial charge in [0.1, 0.15) is 6.17 Å². The van der Waals surface area contributed by atoms with Gasteiger partial charge in [-0.05, 0) is 29.9 Å². The molecule has 2 heteroatoms. The zero-order chi connectivity index (χ0) is 11.4. The Bertz CT molecular complexity index is 377. The van der Waals surface area contributed by atoms with Crippen LogP contribution in [0.3, 0.4) is 0 Å². The van der Waals surface area contributed by atoms with E-state index in [2.05, 4.69) is 11.6 Å². The molecule has 1 aliphatic carbocycles. The number of hydrogen-bond donors (Lipinski definition) is 1. The second-order valence-electron chi connectivity index (χ2n) is 4.34. The minimum atomic E-state index is -0.266. The predicted octanol–water partition coefficient (Wildman–Crippen LogP) is 3.07. The third-order valence-electron chi connectivity index (χ3n) is 3.17. The van der Waals surface area contributed by atoms with E-state index >= 15 is 0 Å². The summed E-state index contributed by atoms with van der Waals surface area (Å²) in [7, 11) is 0. The van der Waals surface area contributed by atoms with E-state index < -0.39 is 0 Å². The van der Waals surface area contributed by atoms with Crippen molar-refractivity contribution in [1.82, 2.24) is 0 Å². The topological polar surface area (TPSA) is 38.4 Å². The van der Waals surface area contributed by atoms with E-state index in [4.69, 9.17) is 5.73 Å². The molecule has 2 N–H and O–H groups in total. The summed E-state index contributed by atoms with van der Waals surface area (Å²) >= 11 is 0. The number of nitrogens with two attached hydrogens (primary N) is 1. The second kappa shape index (κ2) is 5.08. The SMILES string of the molecule is C=C(C=NC(N)c1ccccc1)C1CCC1. The Morgan fingerprint density at radius 3 is 2.62 bits per heavy atom. The summed E-state index contributed by atoms with van der Waals surface area (Å²) in [5.74, 6) is 0.645. The maximum absolute atomic E-state index is 5.96. The molecule has 0 spiro atoms. The van der Waals surface area contributed by atoms with Gasteiger partial charge in [-0.2, -0.15) is 0 Å². The summed E-state index contributed by atoms with van der Waals surface area (Å²) in [4.78, 5) is 4.35. The Morgan fingerprint density at radius 1 is 1.38 bits per heavy atom. The van der Waals surface area contributed by atoms with E-state index in [9.17, 15) is 0 Å². The number of nitrogens with zero attached hydrogens (tertiary/aromatic N) is 1. The number of rotatable bonds is 4. The van der Waals surface area contributed by atoms with Crippen LogP contribution in [0.15, 0.2) is 47.5 Å². The normalized spacial score (nSPS) is 18.3. The summed E-state index contributed by atoms with van der Waals surface area (Å²) < 4.78 is 0. The quantitative estimate of drug-likeness (QED) is 0.768. The molecule has 1 fully saturated rings. The zero-order valence-corrected chi connectivity index (χ0v) is 9.47. The highest BCUT2D eigenvalue weighted by molar-refractivity contribution is 5.78. The Labute approximate surface area is 96.9 Å². The monoisotopic (exact) mass is 214 g/mol. The minimum absolute atomic E-state index is 0.266. The van der Waals surface area contributed by atoms with Crippen LogP contribution in [0.25, 0.3) is 0 Å². The van der Waals surface area contributed by atoms with Crippen LogP contribution in [0.2, 0.25) is 0 Å². The molecule has 1 aromatic carbocycles. The summed E-state index contributed by atoms with van der Waals surface area (Å²) in [6.45, 7) is 4.04. The molecule has 1 aliphatic rings. The Balaban J connectivity index is 1.93. The molecule has 0 aromatic heterocycles. The van der Waals surface area contributed by atoms with Crippen molar-refractivity contribution in [3.05, 3.63) is 48.0 Å². The molecule has 0 radical (unpaired) electrons. The number of aliphatic imine (C=N–C) groups is 1. The van der Waals surface area contributed by atoms with E-state index in [1.54, 1.807) is 0 Å². The van der Waals surface area contributed by atoms with E-state index in [0.29, 0.717) is 5.92 Å². The van der Waals surface area contributed by atoms with Crippen LogP contribution in [0.5, 0.6) is 0 Å². The van der Waals surface area contributed by atoms with Crippen LogP contribution >= 0.6 is 0 Å². The summed E-state index contributed by atoms with van der Waals surface area (Å²) in [5, 5.41) is 0. The van der Waals surface area contributed by atoms with Crippen molar-refractivity contribution >= 4 is 6.21 Å². The van der Waals surface area contributed by atoms with Gasteiger partial charge >= 0.3 is 0 Å². The van der Waals surface area contributed by atoms with Gasteiger partial charge in [-0.15, -0.1) is 0 Å². The third kappa shape index (κ3) is 2.58. The van der Waals surface area contributed by atoms with Crippen molar-refractivity contribution in [2.45, 2.75) is 25.4 Å². The first-order valence-electron chi connectivity index (χ1n) is 5.80. The fourth-order valence-electron chi connectivity index (χ4n) is 1.80. The molecule has 0 bridgehead atoms. The van der Waals surface area contributed by atoms with Crippen molar-refractivity contribution in [2.75, 3.05) is 0 Å². The Hall–Kier alpha value is -1.41. The predicted molar refractivity (Wildman–Crippen MR) is 68.3 cm³/mol. The Morgan fingerprint density at radius 2 is 2.06 bits per heavy atom. The average Bonchev–Trinajstić information content (AvgIpc) is 2.25. The number of allylic oxidation sites excluding steroid dienone is 1. The van der Waals surface area contributed by atoms with Gasteiger partial charge in [0.05, 0.1) is 0 Å². The molecule has 1 aromatic rings. The first kappa shape index (κ1) is 11.1. The zero-order valence-electron chi connectivity index (χ0n) is 9.47. The summed E-state index contributed by atoms with van der Waals surface area (Å²) in [6.07, 6.45) is 5.42. The number of hydrogen-bond acceptors (Lipinski definition) is 2.